The molecule has 0 saturated carbocycles. The van der Waals surface area contributed by atoms with Crippen LogP contribution in [0.4, 0.5) is 13.2 Å². The summed E-state index contributed by atoms with van der Waals surface area (Å²) in [5.41, 5.74) is -1.37. The summed E-state index contributed by atoms with van der Waals surface area (Å²) in [6.07, 6.45) is 1.90. The van der Waals surface area contributed by atoms with Crippen molar-refractivity contribution in [3.63, 3.8) is 0 Å². The Labute approximate surface area is 102 Å². The molecule has 1 saturated heterocycles. The molecule has 1 atom stereocenters. The average molecular weight is 259 g/mol. The summed E-state index contributed by atoms with van der Waals surface area (Å²) in [4.78, 5) is 10.6. The van der Waals surface area contributed by atoms with Crippen LogP contribution in [0.1, 0.15) is 28.8 Å². The zero-order valence-electron chi connectivity index (χ0n) is 9.47. The van der Waals surface area contributed by atoms with Gasteiger partial charge in [-0.1, -0.05) is 0 Å². The van der Waals surface area contributed by atoms with Crippen LogP contribution in [0.3, 0.4) is 0 Å². The summed E-state index contributed by atoms with van der Waals surface area (Å²) >= 11 is 0. The minimum Gasteiger partial charge on any atom is -0.477 e. The van der Waals surface area contributed by atoms with Crippen molar-refractivity contribution in [2.75, 3.05) is 6.54 Å². The minimum atomic E-state index is -1.81. The highest BCUT2D eigenvalue weighted by molar-refractivity contribution is 5.88. The molecule has 1 aromatic rings. The average Bonchev–Trinajstić information content (AvgIpc) is 2.78. The fraction of sp³-hybridized carbons (Fsp3) is 0.417. The van der Waals surface area contributed by atoms with Gasteiger partial charge in [-0.25, -0.2) is 18.0 Å². The number of benzene rings is 1. The van der Waals surface area contributed by atoms with Crippen molar-refractivity contribution in [2.45, 2.75) is 25.3 Å². The van der Waals surface area contributed by atoms with E-state index in [9.17, 15) is 18.0 Å². The molecule has 2 N–H and O–H groups in total. The van der Waals surface area contributed by atoms with Crippen molar-refractivity contribution in [1.82, 2.24) is 5.32 Å². The molecule has 98 valence electrons. The molecule has 6 heteroatoms. The van der Waals surface area contributed by atoms with Gasteiger partial charge < -0.3 is 10.4 Å². The standard InChI is InChI=1S/C12H12F3NO2/c13-8-5-6(4-7-2-1-3-16-7)10(14)11(15)9(8)12(17)18/h5,7,16H,1-4H2,(H,17,18). The summed E-state index contributed by atoms with van der Waals surface area (Å²) in [6.45, 7) is 0.796. The highest BCUT2D eigenvalue weighted by Gasteiger charge is 2.25. The van der Waals surface area contributed by atoms with Crippen LogP contribution in [0, 0.1) is 17.5 Å². The third kappa shape index (κ3) is 2.33. The molecule has 1 aliphatic rings. The maximum Gasteiger partial charge on any atom is 0.341 e. The summed E-state index contributed by atoms with van der Waals surface area (Å²) in [5, 5.41) is 11.7. The van der Waals surface area contributed by atoms with Gasteiger partial charge in [-0.05, 0) is 37.4 Å². The lowest BCUT2D eigenvalue weighted by molar-refractivity contribution is 0.0685. The van der Waals surface area contributed by atoms with Gasteiger partial charge in [0, 0.05) is 6.04 Å². The van der Waals surface area contributed by atoms with Gasteiger partial charge in [-0.3, -0.25) is 0 Å². The van der Waals surface area contributed by atoms with Crippen LogP contribution in [0.15, 0.2) is 6.07 Å². The molecule has 0 bridgehead atoms. The minimum absolute atomic E-state index is 0.0195. The highest BCUT2D eigenvalue weighted by Crippen LogP contribution is 2.22. The number of hydrogen-bond donors (Lipinski definition) is 2. The second-order valence-corrected chi connectivity index (χ2v) is 4.32. The Morgan fingerprint density at radius 2 is 2.11 bits per heavy atom. The Hall–Kier alpha value is -1.56. The Balaban J connectivity index is 2.34. The smallest absolute Gasteiger partial charge is 0.341 e. The molecule has 1 aromatic carbocycles. The summed E-state index contributed by atoms with van der Waals surface area (Å²) in [5.74, 6) is -5.96. The molecular weight excluding hydrogens is 247 g/mol. The van der Waals surface area contributed by atoms with Crippen LogP contribution in [0.25, 0.3) is 0 Å². The van der Waals surface area contributed by atoms with E-state index >= 15 is 0 Å². The number of carbonyl (C=O) groups is 1. The van der Waals surface area contributed by atoms with Crippen molar-refractivity contribution in [1.29, 1.82) is 0 Å². The zero-order chi connectivity index (χ0) is 13.3. The number of nitrogens with one attached hydrogen (secondary N) is 1. The molecule has 0 spiro atoms. The van der Waals surface area contributed by atoms with E-state index in [0.29, 0.717) is 0 Å². The van der Waals surface area contributed by atoms with Crippen LogP contribution in [-0.2, 0) is 6.42 Å². The predicted molar refractivity (Wildman–Crippen MR) is 58.0 cm³/mol. The van der Waals surface area contributed by atoms with Crippen molar-refractivity contribution in [3.8, 4) is 0 Å². The fourth-order valence-electron chi connectivity index (χ4n) is 2.19. The van der Waals surface area contributed by atoms with Gasteiger partial charge in [-0.15, -0.1) is 0 Å². The van der Waals surface area contributed by atoms with Crippen molar-refractivity contribution in [3.05, 3.63) is 34.6 Å². The Morgan fingerprint density at radius 3 is 2.67 bits per heavy atom. The topological polar surface area (TPSA) is 49.3 Å². The van der Waals surface area contributed by atoms with E-state index in [0.717, 1.165) is 25.5 Å². The first-order valence-electron chi connectivity index (χ1n) is 5.63. The van der Waals surface area contributed by atoms with Crippen LogP contribution >= 0.6 is 0 Å². The maximum absolute atomic E-state index is 13.6. The van der Waals surface area contributed by atoms with Gasteiger partial charge in [0.15, 0.2) is 11.6 Å². The first-order valence-corrected chi connectivity index (χ1v) is 5.63. The molecule has 0 aromatic heterocycles. The molecule has 0 radical (unpaired) electrons. The van der Waals surface area contributed by atoms with Crippen LogP contribution < -0.4 is 5.32 Å². The third-order valence-corrected chi connectivity index (χ3v) is 3.08. The molecule has 0 amide bonds. The third-order valence-electron chi connectivity index (χ3n) is 3.08. The lowest BCUT2D eigenvalue weighted by Gasteiger charge is -2.12. The molecular formula is C12H12F3NO2. The van der Waals surface area contributed by atoms with E-state index in [2.05, 4.69) is 5.32 Å². The highest BCUT2D eigenvalue weighted by atomic mass is 19.2. The molecule has 2 rings (SSSR count). The SMILES string of the molecule is O=C(O)c1c(F)cc(CC2CCCN2)c(F)c1F. The van der Waals surface area contributed by atoms with E-state index in [1.807, 2.05) is 0 Å². The van der Waals surface area contributed by atoms with E-state index < -0.39 is 29.0 Å². The van der Waals surface area contributed by atoms with Crippen molar-refractivity contribution < 1.29 is 23.1 Å². The number of hydrogen-bond acceptors (Lipinski definition) is 2. The number of halogens is 3. The number of rotatable bonds is 3. The Morgan fingerprint density at radius 1 is 1.39 bits per heavy atom. The first kappa shape index (κ1) is 12.9. The van der Waals surface area contributed by atoms with E-state index in [1.165, 1.54) is 0 Å². The predicted octanol–water partition coefficient (Wildman–Crippen LogP) is 2.10. The quantitative estimate of drug-likeness (QED) is 0.817. The number of carboxylic acid groups (broad SMARTS) is 1. The lowest BCUT2D eigenvalue weighted by atomic mass is 10.0. The molecule has 1 aliphatic heterocycles. The van der Waals surface area contributed by atoms with Crippen LogP contribution in [0.2, 0.25) is 0 Å². The summed E-state index contributed by atoms with van der Waals surface area (Å²) in [6, 6.07) is 0.746. The van der Waals surface area contributed by atoms with E-state index in [4.69, 9.17) is 5.11 Å². The fourth-order valence-corrected chi connectivity index (χ4v) is 2.19. The van der Waals surface area contributed by atoms with Crippen LogP contribution in [0.5, 0.6) is 0 Å². The lowest BCUT2D eigenvalue weighted by Crippen LogP contribution is -2.24. The van der Waals surface area contributed by atoms with Gasteiger partial charge in [0.2, 0.25) is 0 Å². The summed E-state index contributed by atoms with van der Waals surface area (Å²) in [7, 11) is 0. The molecule has 0 aliphatic carbocycles. The molecule has 1 heterocycles. The number of aromatic carboxylic acids is 1. The van der Waals surface area contributed by atoms with Gasteiger partial charge >= 0.3 is 5.97 Å². The second kappa shape index (κ2) is 4.97. The maximum atomic E-state index is 13.6. The monoisotopic (exact) mass is 259 g/mol. The molecule has 1 unspecified atom stereocenters. The van der Waals surface area contributed by atoms with E-state index in [-0.39, 0.29) is 18.0 Å². The molecule has 1 fully saturated rings. The van der Waals surface area contributed by atoms with Crippen molar-refractivity contribution >= 4 is 5.97 Å². The largest absolute Gasteiger partial charge is 0.477 e. The van der Waals surface area contributed by atoms with Crippen molar-refractivity contribution in [2.24, 2.45) is 0 Å². The summed E-state index contributed by atoms with van der Waals surface area (Å²) < 4.78 is 40.5. The Kier molecular flexibility index (Phi) is 3.56. The molecule has 3 nitrogen and oxygen atoms in total. The van der Waals surface area contributed by atoms with Crippen LogP contribution in [-0.4, -0.2) is 23.7 Å². The number of carboxylic acids is 1. The normalized spacial score (nSPS) is 19.2. The van der Waals surface area contributed by atoms with Gasteiger partial charge in [0.05, 0.1) is 0 Å². The van der Waals surface area contributed by atoms with E-state index in [1.54, 1.807) is 0 Å². The van der Waals surface area contributed by atoms with Gasteiger partial charge in [-0.2, -0.15) is 0 Å². The van der Waals surface area contributed by atoms with Gasteiger partial charge in [0.25, 0.3) is 0 Å². The zero-order valence-corrected chi connectivity index (χ0v) is 9.47. The first-order chi connectivity index (χ1) is 8.50. The molecule has 18 heavy (non-hydrogen) atoms. The second-order valence-electron chi connectivity index (χ2n) is 4.32. The Bertz CT molecular complexity index is 485. The van der Waals surface area contributed by atoms with Gasteiger partial charge in [0.1, 0.15) is 11.4 Å².